The topological polar surface area (TPSA) is 119 Å². The van der Waals surface area contributed by atoms with Gasteiger partial charge in [0.05, 0.1) is 24.3 Å². The molecule has 1 aromatic rings. The summed E-state index contributed by atoms with van der Waals surface area (Å²) in [7, 11) is 0.587. The minimum absolute atomic E-state index is 0.00112. The summed E-state index contributed by atoms with van der Waals surface area (Å²) in [5, 5.41) is 16.3. The zero-order valence-electron chi connectivity index (χ0n) is 17.5. The van der Waals surface area contributed by atoms with Crippen molar-refractivity contribution < 1.29 is 17.9 Å². The predicted molar refractivity (Wildman–Crippen MR) is 118 cm³/mol. The van der Waals surface area contributed by atoms with E-state index in [4.69, 9.17) is 20.3 Å². The first-order chi connectivity index (χ1) is 14.1. The highest BCUT2D eigenvalue weighted by atomic mass is 32.2. The second-order valence-electron chi connectivity index (χ2n) is 7.53. The number of allylic oxidation sites excluding steroid dienone is 1. The third kappa shape index (κ3) is 4.94. The van der Waals surface area contributed by atoms with Crippen LogP contribution in [0.1, 0.15) is 12.5 Å². The molecule has 1 unspecified atom stereocenters. The van der Waals surface area contributed by atoms with Crippen molar-refractivity contribution in [2.45, 2.75) is 19.1 Å². The van der Waals surface area contributed by atoms with Crippen LogP contribution in [0.5, 0.6) is 0 Å². The molecule has 2 N–H and O–H groups in total. The third-order valence-electron chi connectivity index (χ3n) is 5.01. The molecule has 1 aromatic carbocycles. The second kappa shape index (κ2) is 8.66. The van der Waals surface area contributed by atoms with Crippen molar-refractivity contribution in [2.24, 2.45) is 4.99 Å². The van der Waals surface area contributed by atoms with Crippen molar-refractivity contribution in [1.82, 2.24) is 4.31 Å². The number of hydrogen-bond donors (Lipinski definition) is 2. The van der Waals surface area contributed by atoms with Crippen LogP contribution < -0.4 is 4.90 Å². The first kappa shape index (κ1) is 22.1. The van der Waals surface area contributed by atoms with Crippen molar-refractivity contribution in [1.29, 1.82) is 10.8 Å². The van der Waals surface area contributed by atoms with E-state index in [0.717, 1.165) is 11.3 Å². The molecular weight excluding hydrogens is 406 g/mol. The van der Waals surface area contributed by atoms with E-state index < -0.39 is 22.2 Å². The molecule has 0 aliphatic carbocycles. The van der Waals surface area contributed by atoms with E-state index in [1.54, 1.807) is 6.92 Å². The van der Waals surface area contributed by atoms with Gasteiger partial charge in [-0.1, -0.05) is 12.1 Å². The number of morpholine rings is 1. The standard InChI is InChI=1S/C20H27N5O4S/c1-13(18-12-25(9-10-28-18)30(4,26)27)29-20-19(22)16(21)11-17(23-20)14-5-7-15(8-6-14)24(2)3/h5-8,11,13,18,21-22H,9-10,12H2,1-4H3/t13?,18-/m1/s1. The summed E-state index contributed by atoms with van der Waals surface area (Å²) in [6, 6.07) is 7.71. The normalized spacial score (nSPS) is 21.7. The summed E-state index contributed by atoms with van der Waals surface area (Å²) in [4.78, 5) is 6.44. The maximum absolute atomic E-state index is 11.8. The lowest BCUT2D eigenvalue weighted by atomic mass is 10.1. The molecule has 0 saturated carbocycles. The van der Waals surface area contributed by atoms with Crippen LogP contribution in [0.4, 0.5) is 5.69 Å². The highest BCUT2D eigenvalue weighted by molar-refractivity contribution is 7.88. The number of ether oxygens (including phenoxy) is 2. The Morgan fingerprint density at radius 3 is 2.53 bits per heavy atom. The van der Waals surface area contributed by atoms with E-state index in [9.17, 15) is 8.42 Å². The average molecular weight is 434 g/mol. The first-order valence-corrected chi connectivity index (χ1v) is 11.4. The molecule has 30 heavy (non-hydrogen) atoms. The molecule has 0 bridgehead atoms. The maximum Gasteiger partial charge on any atom is 0.242 e. The zero-order valence-corrected chi connectivity index (χ0v) is 18.4. The van der Waals surface area contributed by atoms with Gasteiger partial charge in [0.1, 0.15) is 17.9 Å². The minimum Gasteiger partial charge on any atom is -0.470 e. The maximum atomic E-state index is 11.8. The third-order valence-corrected chi connectivity index (χ3v) is 6.28. The monoisotopic (exact) mass is 433 g/mol. The van der Waals surface area contributed by atoms with Gasteiger partial charge in [-0.2, -0.15) is 4.31 Å². The SMILES string of the molecule is CC(OC1=NC(c2ccc(N(C)C)cc2)=CC(=N)C1=N)[C@H]1CN(S(C)(=O)=O)CCO1. The van der Waals surface area contributed by atoms with Crippen molar-refractivity contribution in [3.8, 4) is 0 Å². The summed E-state index contributed by atoms with van der Waals surface area (Å²) >= 11 is 0. The minimum atomic E-state index is -3.32. The number of rotatable bonds is 5. The van der Waals surface area contributed by atoms with Crippen molar-refractivity contribution in [3.05, 3.63) is 35.9 Å². The van der Waals surface area contributed by atoms with E-state index in [1.165, 1.54) is 16.6 Å². The molecule has 3 rings (SSSR count). The van der Waals surface area contributed by atoms with Crippen LogP contribution in [0, 0.1) is 10.8 Å². The Morgan fingerprint density at radius 1 is 1.27 bits per heavy atom. The Kier molecular flexibility index (Phi) is 6.39. The Balaban J connectivity index is 1.78. The average Bonchev–Trinajstić information content (AvgIpc) is 2.70. The number of hydrogen-bond acceptors (Lipinski definition) is 8. The fourth-order valence-electron chi connectivity index (χ4n) is 3.17. The van der Waals surface area contributed by atoms with Gasteiger partial charge in [-0.15, -0.1) is 0 Å². The number of sulfonamides is 1. The number of nitrogens with one attached hydrogen (secondary N) is 2. The van der Waals surface area contributed by atoms with E-state index in [1.807, 2.05) is 43.3 Å². The summed E-state index contributed by atoms with van der Waals surface area (Å²) < 4.78 is 36.6. The Hall–Kier alpha value is -2.56. The van der Waals surface area contributed by atoms with Gasteiger partial charge in [-0.25, -0.2) is 13.4 Å². The molecule has 0 radical (unpaired) electrons. The van der Waals surface area contributed by atoms with Crippen LogP contribution in [0.15, 0.2) is 35.3 Å². The first-order valence-electron chi connectivity index (χ1n) is 9.55. The Labute approximate surface area is 177 Å². The number of aliphatic imine (C=N–C) groups is 1. The summed E-state index contributed by atoms with van der Waals surface area (Å²) in [5.41, 5.74) is 2.26. The van der Waals surface area contributed by atoms with E-state index >= 15 is 0 Å². The number of benzene rings is 1. The summed E-state index contributed by atoms with van der Waals surface area (Å²) in [6.07, 6.45) is 1.67. The van der Waals surface area contributed by atoms with Crippen molar-refractivity contribution in [3.63, 3.8) is 0 Å². The van der Waals surface area contributed by atoms with Gasteiger partial charge in [0.15, 0.2) is 0 Å². The fourth-order valence-corrected chi connectivity index (χ4v) is 4.00. The van der Waals surface area contributed by atoms with E-state index in [0.29, 0.717) is 12.2 Å². The summed E-state index contributed by atoms with van der Waals surface area (Å²) in [6.45, 7) is 2.50. The van der Waals surface area contributed by atoms with Crippen LogP contribution in [-0.2, 0) is 19.5 Å². The van der Waals surface area contributed by atoms with Gasteiger partial charge >= 0.3 is 0 Å². The molecule has 2 heterocycles. The van der Waals surface area contributed by atoms with Gasteiger partial charge < -0.3 is 14.4 Å². The molecular formula is C20H27N5O4S. The second-order valence-corrected chi connectivity index (χ2v) is 9.51. The fraction of sp³-hybridized carbons (Fsp3) is 0.450. The lowest BCUT2D eigenvalue weighted by molar-refractivity contribution is -0.0588. The predicted octanol–water partition coefficient (Wildman–Crippen LogP) is 1.61. The molecule has 10 heteroatoms. The highest BCUT2D eigenvalue weighted by Crippen LogP contribution is 2.24. The number of anilines is 1. The van der Waals surface area contributed by atoms with Crippen LogP contribution in [-0.4, -0.2) is 82.3 Å². The van der Waals surface area contributed by atoms with Gasteiger partial charge in [0, 0.05) is 38.4 Å². The lowest BCUT2D eigenvalue weighted by Gasteiger charge is -2.34. The van der Waals surface area contributed by atoms with Crippen LogP contribution in [0.25, 0.3) is 5.70 Å². The van der Waals surface area contributed by atoms with Crippen molar-refractivity contribution in [2.75, 3.05) is 44.9 Å². The summed E-state index contributed by atoms with van der Waals surface area (Å²) in [5.74, 6) is 0.0294. The van der Waals surface area contributed by atoms with E-state index in [-0.39, 0.29) is 30.5 Å². The Bertz CT molecular complexity index is 999. The van der Waals surface area contributed by atoms with Crippen LogP contribution in [0.2, 0.25) is 0 Å². The lowest BCUT2D eigenvalue weighted by Crippen LogP contribution is -2.50. The molecule has 2 atom stereocenters. The molecule has 0 amide bonds. The Morgan fingerprint density at radius 2 is 1.93 bits per heavy atom. The molecule has 2 aliphatic rings. The number of nitrogens with zero attached hydrogens (tertiary/aromatic N) is 3. The molecule has 2 aliphatic heterocycles. The van der Waals surface area contributed by atoms with Gasteiger partial charge in [0.2, 0.25) is 15.9 Å². The van der Waals surface area contributed by atoms with Crippen molar-refractivity contribution >= 4 is 38.7 Å². The molecule has 9 nitrogen and oxygen atoms in total. The molecule has 1 saturated heterocycles. The molecule has 162 valence electrons. The van der Waals surface area contributed by atoms with Gasteiger partial charge in [-0.3, -0.25) is 10.8 Å². The molecule has 0 spiro atoms. The molecule has 1 fully saturated rings. The largest absolute Gasteiger partial charge is 0.470 e. The molecule has 0 aromatic heterocycles. The highest BCUT2D eigenvalue weighted by Gasteiger charge is 2.33. The van der Waals surface area contributed by atoms with Gasteiger partial charge in [-0.05, 0) is 25.1 Å². The van der Waals surface area contributed by atoms with Crippen LogP contribution in [0.3, 0.4) is 0 Å². The van der Waals surface area contributed by atoms with Gasteiger partial charge in [0.25, 0.3) is 0 Å². The quantitative estimate of drug-likeness (QED) is 0.731. The smallest absolute Gasteiger partial charge is 0.242 e. The van der Waals surface area contributed by atoms with E-state index in [2.05, 4.69) is 4.99 Å². The zero-order chi connectivity index (χ0) is 22.1. The van der Waals surface area contributed by atoms with Crippen LogP contribution >= 0.6 is 0 Å².